The van der Waals surface area contributed by atoms with E-state index in [1.165, 1.54) is 6.42 Å². The smallest absolute Gasteiger partial charge is 0.297 e. The van der Waals surface area contributed by atoms with Gasteiger partial charge in [0.2, 0.25) is 0 Å². The van der Waals surface area contributed by atoms with Crippen LogP contribution in [0, 0.1) is 12.3 Å². The molecule has 1 aromatic heterocycles. The summed E-state index contributed by atoms with van der Waals surface area (Å²) in [5, 5.41) is 10.0. The molecule has 2 heterocycles. The van der Waals surface area contributed by atoms with Crippen LogP contribution in [0.1, 0.15) is 48.3 Å². The zero-order valence-electron chi connectivity index (χ0n) is 16.8. The molecule has 7 nitrogen and oxygen atoms in total. The van der Waals surface area contributed by atoms with E-state index in [9.17, 15) is 10.0 Å². The molecule has 1 saturated heterocycles. The molecule has 0 radical (unpaired) electrons. The quantitative estimate of drug-likeness (QED) is 0.483. The second kappa shape index (κ2) is 8.30. The number of benzene rings is 1. The molecule has 160 valence electrons. The van der Waals surface area contributed by atoms with Crippen LogP contribution in [0.4, 0.5) is 5.82 Å². The van der Waals surface area contributed by atoms with Crippen LogP contribution in [0.3, 0.4) is 0 Å². The summed E-state index contributed by atoms with van der Waals surface area (Å²) in [6, 6.07) is 5.46. The average Bonchev–Trinajstić information content (AvgIpc) is 3.10. The Balaban J connectivity index is 1.71. The molecule has 4 N–H and O–H groups in total. The van der Waals surface area contributed by atoms with Crippen LogP contribution in [-0.4, -0.2) is 40.2 Å². The first-order chi connectivity index (χ1) is 14.4. The van der Waals surface area contributed by atoms with E-state index >= 15 is 0 Å². The van der Waals surface area contributed by atoms with Crippen molar-refractivity contribution in [3.05, 3.63) is 39.6 Å². The standard InChI is InChI=1S/C21H25Cl2N5O2/c1-12-17(13-4-2-5-14(22)16(13)23)26-18(20(29)27-30)19(25-12)28-10-8-21(9-11-28)7-3-6-15(21)24/h2,4-5,15,30H,3,6-11,24H2,1H3,(H,27,29)/t15-/m1/s1. The lowest BCUT2D eigenvalue weighted by Gasteiger charge is -2.42. The molecular weight excluding hydrogens is 425 g/mol. The minimum absolute atomic E-state index is 0.0563. The van der Waals surface area contributed by atoms with E-state index < -0.39 is 5.91 Å². The highest BCUT2D eigenvalue weighted by molar-refractivity contribution is 6.43. The van der Waals surface area contributed by atoms with Crippen molar-refractivity contribution in [3.63, 3.8) is 0 Å². The van der Waals surface area contributed by atoms with Crippen molar-refractivity contribution in [2.75, 3.05) is 18.0 Å². The molecule has 1 aliphatic heterocycles. The van der Waals surface area contributed by atoms with E-state index in [2.05, 4.69) is 9.88 Å². The summed E-state index contributed by atoms with van der Waals surface area (Å²) in [6.07, 6.45) is 5.32. The van der Waals surface area contributed by atoms with Gasteiger partial charge in [-0.3, -0.25) is 10.0 Å². The van der Waals surface area contributed by atoms with Gasteiger partial charge in [0, 0.05) is 24.7 Å². The molecule has 0 unspecified atom stereocenters. The third kappa shape index (κ3) is 3.64. The van der Waals surface area contributed by atoms with Crippen molar-refractivity contribution in [2.24, 2.45) is 11.1 Å². The van der Waals surface area contributed by atoms with Gasteiger partial charge in [-0.15, -0.1) is 0 Å². The Kier molecular flexibility index (Phi) is 5.90. The van der Waals surface area contributed by atoms with Crippen LogP contribution < -0.4 is 16.1 Å². The number of aromatic nitrogens is 2. The van der Waals surface area contributed by atoms with E-state index in [-0.39, 0.29) is 17.2 Å². The number of nitrogens with zero attached hydrogens (tertiary/aromatic N) is 3. The summed E-state index contributed by atoms with van der Waals surface area (Å²) < 4.78 is 0. The van der Waals surface area contributed by atoms with Gasteiger partial charge < -0.3 is 10.6 Å². The Labute approximate surface area is 185 Å². The lowest BCUT2D eigenvalue weighted by Crippen LogP contribution is -2.47. The number of nitrogens with one attached hydrogen (secondary N) is 1. The van der Waals surface area contributed by atoms with Crippen molar-refractivity contribution in [1.82, 2.24) is 15.4 Å². The molecule has 1 spiro atoms. The number of nitrogens with two attached hydrogens (primary N) is 1. The minimum atomic E-state index is -0.713. The number of piperidine rings is 1. The van der Waals surface area contributed by atoms with Crippen molar-refractivity contribution in [3.8, 4) is 11.3 Å². The molecule has 30 heavy (non-hydrogen) atoms. The van der Waals surface area contributed by atoms with Crippen LogP contribution in [0.25, 0.3) is 11.3 Å². The van der Waals surface area contributed by atoms with E-state index in [0.29, 0.717) is 32.8 Å². The summed E-state index contributed by atoms with van der Waals surface area (Å²) in [4.78, 5) is 23.8. The summed E-state index contributed by atoms with van der Waals surface area (Å²) in [5.74, 6) is -0.253. The van der Waals surface area contributed by atoms with Crippen molar-refractivity contribution >= 4 is 34.9 Å². The van der Waals surface area contributed by atoms with Crippen molar-refractivity contribution < 1.29 is 10.0 Å². The highest BCUT2D eigenvalue weighted by atomic mass is 35.5. The monoisotopic (exact) mass is 449 g/mol. The van der Waals surface area contributed by atoms with E-state index in [4.69, 9.17) is 33.9 Å². The molecular formula is C21H25Cl2N5O2. The second-order valence-electron chi connectivity index (χ2n) is 8.22. The first-order valence-electron chi connectivity index (χ1n) is 10.1. The maximum Gasteiger partial charge on any atom is 0.297 e. The van der Waals surface area contributed by atoms with E-state index in [0.717, 1.165) is 38.8 Å². The van der Waals surface area contributed by atoms with Gasteiger partial charge in [0.05, 0.1) is 21.4 Å². The third-order valence-electron chi connectivity index (χ3n) is 6.61. The summed E-state index contributed by atoms with van der Waals surface area (Å²) in [5.41, 5.74) is 10.00. The number of amides is 1. The van der Waals surface area contributed by atoms with Gasteiger partial charge in [-0.2, -0.15) is 0 Å². The lowest BCUT2D eigenvalue weighted by atomic mass is 9.74. The number of rotatable bonds is 3. The maximum atomic E-state index is 12.5. The number of halogens is 2. The summed E-state index contributed by atoms with van der Waals surface area (Å²) in [6.45, 7) is 3.30. The zero-order chi connectivity index (χ0) is 21.5. The number of hydroxylamine groups is 1. The molecule has 0 bridgehead atoms. The highest BCUT2D eigenvalue weighted by Crippen LogP contribution is 2.46. The van der Waals surface area contributed by atoms with Gasteiger partial charge in [-0.05, 0) is 44.1 Å². The Morgan fingerprint density at radius 1 is 1.27 bits per heavy atom. The number of carbonyl (C=O) groups is 1. The lowest BCUT2D eigenvalue weighted by molar-refractivity contribution is 0.0700. The zero-order valence-corrected chi connectivity index (χ0v) is 18.3. The minimum Gasteiger partial charge on any atom is -0.355 e. The third-order valence-corrected chi connectivity index (χ3v) is 7.43. The number of anilines is 1. The largest absolute Gasteiger partial charge is 0.355 e. The van der Waals surface area contributed by atoms with Gasteiger partial charge in [0.25, 0.3) is 5.91 Å². The van der Waals surface area contributed by atoms with Crippen LogP contribution in [-0.2, 0) is 0 Å². The fourth-order valence-corrected chi connectivity index (χ4v) is 5.22. The predicted octanol–water partition coefficient (Wildman–Crippen LogP) is 3.98. The summed E-state index contributed by atoms with van der Waals surface area (Å²) >= 11 is 12.5. The van der Waals surface area contributed by atoms with Crippen molar-refractivity contribution in [1.29, 1.82) is 0 Å². The molecule has 2 aliphatic rings. The first kappa shape index (κ1) is 21.3. The molecule has 1 atom stereocenters. The van der Waals surface area contributed by atoms with Crippen LogP contribution in [0.5, 0.6) is 0 Å². The van der Waals surface area contributed by atoms with Crippen molar-refractivity contribution in [2.45, 2.75) is 45.1 Å². The van der Waals surface area contributed by atoms with E-state index in [1.807, 2.05) is 6.92 Å². The Morgan fingerprint density at radius 2 is 2.00 bits per heavy atom. The van der Waals surface area contributed by atoms with Gasteiger partial charge in [-0.25, -0.2) is 15.4 Å². The molecule has 4 rings (SSSR count). The van der Waals surface area contributed by atoms with Gasteiger partial charge >= 0.3 is 0 Å². The molecule has 2 fully saturated rings. The highest BCUT2D eigenvalue weighted by Gasteiger charge is 2.43. The maximum absolute atomic E-state index is 12.5. The molecule has 1 saturated carbocycles. The normalized spacial score (nSPS) is 20.6. The SMILES string of the molecule is Cc1nc(N2CCC3(CCC[C@H]3N)CC2)c(C(=O)NO)nc1-c1cccc(Cl)c1Cl. The number of hydrogen-bond acceptors (Lipinski definition) is 6. The van der Waals surface area contributed by atoms with Crippen LogP contribution >= 0.6 is 23.2 Å². The number of hydrogen-bond donors (Lipinski definition) is 3. The van der Waals surface area contributed by atoms with Crippen LogP contribution in [0.2, 0.25) is 10.0 Å². The second-order valence-corrected chi connectivity index (χ2v) is 9.01. The van der Waals surface area contributed by atoms with Crippen LogP contribution in [0.15, 0.2) is 18.2 Å². The predicted molar refractivity (Wildman–Crippen MR) is 117 cm³/mol. The summed E-state index contributed by atoms with van der Waals surface area (Å²) in [7, 11) is 0. The van der Waals surface area contributed by atoms with Gasteiger partial charge in [0.1, 0.15) is 0 Å². The Morgan fingerprint density at radius 3 is 2.63 bits per heavy atom. The average molecular weight is 450 g/mol. The topological polar surface area (TPSA) is 104 Å². The Hall–Kier alpha value is -1.93. The first-order valence-corrected chi connectivity index (χ1v) is 10.9. The molecule has 1 aliphatic carbocycles. The number of aryl methyl sites for hydroxylation is 1. The number of carbonyl (C=O) groups excluding carboxylic acids is 1. The van der Waals surface area contributed by atoms with Gasteiger partial charge in [0.15, 0.2) is 11.5 Å². The Bertz CT molecular complexity index is 976. The molecule has 9 heteroatoms. The fraction of sp³-hybridized carbons (Fsp3) is 0.476. The molecule has 1 amide bonds. The fourth-order valence-electron chi connectivity index (χ4n) is 4.83. The molecule has 2 aromatic rings. The van der Waals surface area contributed by atoms with E-state index in [1.54, 1.807) is 23.7 Å². The van der Waals surface area contributed by atoms with Gasteiger partial charge in [-0.1, -0.05) is 41.8 Å². The molecule has 1 aromatic carbocycles.